The van der Waals surface area contributed by atoms with Gasteiger partial charge in [0.2, 0.25) is 5.78 Å². The molecule has 0 aliphatic heterocycles. The topological polar surface area (TPSA) is 79.0 Å². The molecular formula is C26H20ClNO4. The summed E-state index contributed by atoms with van der Waals surface area (Å²) < 4.78 is 1.81. The number of fused-ring (bicyclic) bond motifs is 1. The molecule has 32 heavy (non-hydrogen) atoms. The molecule has 2 aromatic heterocycles. The Kier molecular flexibility index (Phi) is 4.88. The highest BCUT2D eigenvalue weighted by Gasteiger charge is 2.40. The van der Waals surface area contributed by atoms with Gasteiger partial charge in [0.05, 0.1) is 27.4 Å². The summed E-state index contributed by atoms with van der Waals surface area (Å²) in [7, 11) is 0. The summed E-state index contributed by atoms with van der Waals surface area (Å²) in [6, 6.07) is 19.2. The van der Waals surface area contributed by atoms with Gasteiger partial charge in [-0.2, -0.15) is 0 Å². The lowest BCUT2D eigenvalue weighted by Crippen LogP contribution is -2.35. The van der Waals surface area contributed by atoms with Gasteiger partial charge >= 0.3 is 5.97 Å². The number of aromatic nitrogens is 1. The Morgan fingerprint density at radius 2 is 1.72 bits per heavy atom. The van der Waals surface area contributed by atoms with Crippen LogP contribution in [0.25, 0.3) is 16.6 Å². The van der Waals surface area contributed by atoms with Crippen LogP contribution in [0.5, 0.6) is 0 Å². The summed E-state index contributed by atoms with van der Waals surface area (Å²) in [5.74, 6) is -1.25. The highest BCUT2D eigenvalue weighted by atomic mass is 35.5. The largest absolute Gasteiger partial charge is 0.478 e. The molecule has 2 heterocycles. The summed E-state index contributed by atoms with van der Waals surface area (Å²) in [5, 5.41) is 20.5. The highest BCUT2D eigenvalue weighted by Crippen LogP contribution is 2.44. The summed E-state index contributed by atoms with van der Waals surface area (Å²) in [5.41, 5.74) is 2.91. The minimum atomic E-state index is -1.03. The number of rotatable bonds is 5. The van der Waals surface area contributed by atoms with Gasteiger partial charge in [-0.05, 0) is 66.8 Å². The fourth-order valence-corrected chi connectivity index (χ4v) is 4.66. The first-order valence-corrected chi connectivity index (χ1v) is 10.8. The molecule has 0 spiro atoms. The van der Waals surface area contributed by atoms with Crippen LogP contribution in [-0.4, -0.2) is 26.4 Å². The van der Waals surface area contributed by atoms with Crippen molar-refractivity contribution in [3.05, 3.63) is 100 Å². The maximum atomic E-state index is 13.8. The molecule has 5 nitrogen and oxygen atoms in total. The monoisotopic (exact) mass is 445 g/mol. The second-order valence-electron chi connectivity index (χ2n) is 8.16. The maximum absolute atomic E-state index is 13.8. The third-order valence-corrected chi connectivity index (χ3v) is 6.59. The summed E-state index contributed by atoms with van der Waals surface area (Å²) >= 11 is 6.49. The third-order valence-electron chi connectivity index (χ3n) is 6.27. The lowest BCUT2D eigenvalue weighted by Gasteiger charge is -2.38. The van der Waals surface area contributed by atoms with E-state index in [0.29, 0.717) is 34.7 Å². The number of aromatic carboxylic acids is 1. The number of hydrogen-bond donors (Lipinski definition) is 2. The second-order valence-corrected chi connectivity index (χ2v) is 8.57. The van der Waals surface area contributed by atoms with Crippen LogP contribution < -0.4 is 0 Å². The number of ketones is 1. The van der Waals surface area contributed by atoms with Gasteiger partial charge in [-0.25, -0.2) is 4.79 Å². The Labute approximate surface area is 189 Å². The summed E-state index contributed by atoms with van der Waals surface area (Å²) in [6.45, 7) is 0. The molecule has 1 saturated carbocycles. The first-order chi connectivity index (χ1) is 15.4. The van der Waals surface area contributed by atoms with E-state index in [9.17, 15) is 19.8 Å². The van der Waals surface area contributed by atoms with E-state index in [4.69, 9.17) is 11.6 Å². The van der Waals surface area contributed by atoms with Gasteiger partial charge < -0.3 is 14.6 Å². The zero-order valence-electron chi connectivity index (χ0n) is 17.1. The quantitative estimate of drug-likeness (QED) is 0.394. The molecule has 0 unspecified atom stereocenters. The second kappa shape index (κ2) is 7.62. The molecule has 1 aliphatic carbocycles. The van der Waals surface area contributed by atoms with Crippen molar-refractivity contribution in [2.24, 2.45) is 0 Å². The van der Waals surface area contributed by atoms with Crippen molar-refractivity contribution in [1.29, 1.82) is 0 Å². The number of pyridine rings is 1. The molecule has 0 radical (unpaired) electrons. The van der Waals surface area contributed by atoms with E-state index in [1.807, 2.05) is 24.4 Å². The lowest BCUT2D eigenvalue weighted by molar-refractivity contribution is -0.0392. The smallest absolute Gasteiger partial charge is 0.335 e. The van der Waals surface area contributed by atoms with E-state index in [-0.39, 0.29) is 11.3 Å². The number of carbonyl (C=O) groups is 2. The van der Waals surface area contributed by atoms with Crippen LogP contribution in [0.4, 0.5) is 0 Å². The number of carboxylic acids is 1. The van der Waals surface area contributed by atoms with Crippen LogP contribution in [0.15, 0.2) is 72.9 Å². The predicted molar refractivity (Wildman–Crippen MR) is 122 cm³/mol. The van der Waals surface area contributed by atoms with Crippen molar-refractivity contribution in [2.75, 3.05) is 0 Å². The third kappa shape index (κ3) is 3.22. The molecular weight excluding hydrogens is 426 g/mol. The van der Waals surface area contributed by atoms with E-state index in [2.05, 4.69) is 0 Å². The van der Waals surface area contributed by atoms with Crippen LogP contribution in [0.1, 0.15) is 51.2 Å². The lowest BCUT2D eigenvalue weighted by atomic mass is 9.73. The molecule has 0 atom stereocenters. The van der Waals surface area contributed by atoms with Crippen molar-refractivity contribution in [3.63, 3.8) is 0 Å². The fourth-order valence-electron chi connectivity index (χ4n) is 4.40. The van der Waals surface area contributed by atoms with Crippen LogP contribution in [-0.2, 0) is 5.60 Å². The number of hydrogen-bond acceptors (Lipinski definition) is 3. The molecule has 2 N–H and O–H groups in total. The number of carboxylic acid groups (broad SMARTS) is 1. The van der Waals surface area contributed by atoms with Crippen LogP contribution in [0.3, 0.4) is 0 Å². The molecule has 2 aromatic carbocycles. The first kappa shape index (κ1) is 20.5. The Morgan fingerprint density at radius 3 is 2.38 bits per heavy atom. The Morgan fingerprint density at radius 1 is 0.969 bits per heavy atom. The van der Waals surface area contributed by atoms with Gasteiger partial charge in [-0.15, -0.1) is 0 Å². The zero-order valence-corrected chi connectivity index (χ0v) is 17.8. The fraction of sp³-hybridized carbons (Fsp3) is 0.154. The van der Waals surface area contributed by atoms with Crippen LogP contribution in [0.2, 0.25) is 5.02 Å². The van der Waals surface area contributed by atoms with Crippen molar-refractivity contribution in [1.82, 2.24) is 4.40 Å². The van der Waals surface area contributed by atoms with Crippen molar-refractivity contribution < 1.29 is 19.8 Å². The average molecular weight is 446 g/mol. The van der Waals surface area contributed by atoms with Gasteiger partial charge in [0.25, 0.3) is 0 Å². The van der Waals surface area contributed by atoms with Gasteiger partial charge in [0.1, 0.15) is 0 Å². The molecule has 5 rings (SSSR count). The number of nitrogens with zero attached hydrogens (tertiary/aromatic N) is 1. The zero-order chi connectivity index (χ0) is 22.5. The van der Waals surface area contributed by atoms with E-state index in [0.717, 1.165) is 23.1 Å². The van der Waals surface area contributed by atoms with E-state index in [1.54, 1.807) is 52.9 Å². The SMILES string of the molecule is O=C(O)c1ccc(-c2cc(C(=O)c3c(Cl)cccc3C3(O)CCC3)n3ccccc23)cc1. The summed E-state index contributed by atoms with van der Waals surface area (Å²) in [4.78, 5) is 25.0. The van der Waals surface area contributed by atoms with Gasteiger partial charge in [0, 0.05) is 17.3 Å². The molecule has 1 aliphatic rings. The molecule has 160 valence electrons. The Hall–Kier alpha value is -3.41. The Bertz CT molecular complexity index is 1370. The Balaban J connectivity index is 1.67. The van der Waals surface area contributed by atoms with E-state index < -0.39 is 11.6 Å². The molecule has 4 aromatic rings. The molecule has 0 bridgehead atoms. The van der Waals surface area contributed by atoms with E-state index in [1.165, 1.54) is 0 Å². The van der Waals surface area contributed by atoms with Crippen molar-refractivity contribution in [3.8, 4) is 11.1 Å². The molecule has 6 heteroatoms. The summed E-state index contributed by atoms with van der Waals surface area (Å²) in [6.07, 6.45) is 3.92. The van der Waals surface area contributed by atoms with Crippen molar-refractivity contribution >= 4 is 28.9 Å². The minimum absolute atomic E-state index is 0.197. The molecule has 0 saturated heterocycles. The number of benzene rings is 2. The maximum Gasteiger partial charge on any atom is 0.335 e. The molecule has 1 fully saturated rings. The predicted octanol–water partition coefficient (Wildman–Crippen LogP) is 5.56. The highest BCUT2D eigenvalue weighted by molar-refractivity contribution is 6.35. The minimum Gasteiger partial charge on any atom is -0.478 e. The van der Waals surface area contributed by atoms with E-state index >= 15 is 0 Å². The van der Waals surface area contributed by atoms with Crippen LogP contribution >= 0.6 is 11.6 Å². The normalized spacial score (nSPS) is 14.8. The van der Waals surface area contributed by atoms with Gasteiger partial charge in [-0.3, -0.25) is 4.79 Å². The number of aliphatic hydroxyl groups is 1. The average Bonchev–Trinajstić information content (AvgIpc) is 3.17. The first-order valence-electron chi connectivity index (χ1n) is 10.4. The van der Waals surface area contributed by atoms with Gasteiger partial charge in [-0.1, -0.05) is 41.9 Å². The van der Waals surface area contributed by atoms with Crippen molar-refractivity contribution in [2.45, 2.75) is 24.9 Å². The van der Waals surface area contributed by atoms with Crippen LogP contribution in [0, 0.1) is 0 Å². The standard InChI is InChI=1S/C26H20ClNO4/c27-20-6-3-5-19(26(32)12-4-13-26)23(20)24(29)22-15-18(21-7-1-2-14-28(21)22)16-8-10-17(11-9-16)25(30)31/h1-3,5-11,14-15,32H,4,12-13H2,(H,30,31). The van der Waals surface area contributed by atoms with Gasteiger partial charge in [0.15, 0.2) is 0 Å². The number of halogens is 1. The number of carbonyl (C=O) groups excluding carboxylic acids is 1. The molecule has 0 amide bonds.